The predicted octanol–water partition coefficient (Wildman–Crippen LogP) is 2.22. The van der Waals surface area contributed by atoms with Crippen molar-refractivity contribution >= 4 is 11.0 Å². The van der Waals surface area contributed by atoms with Gasteiger partial charge in [-0.15, -0.1) is 0 Å². The molecule has 1 atom stereocenters. The Balaban J connectivity index is 2.04. The van der Waals surface area contributed by atoms with Gasteiger partial charge in [0, 0.05) is 13.0 Å². The highest BCUT2D eigenvalue weighted by Crippen LogP contribution is 2.34. The SMILES string of the molecule is Cn1c(C2CCCC2)nc2cc(C(N)CO)ccc21. The van der Waals surface area contributed by atoms with Gasteiger partial charge >= 0.3 is 0 Å². The van der Waals surface area contributed by atoms with E-state index in [4.69, 9.17) is 15.8 Å². The molecule has 19 heavy (non-hydrogen) atoms. The van der Waals surface area contributed by atoms with Crippen LogP contribution in [0.25, 0.3) is 11.0 Å². The van der Waals surface area contributed by atoms with E-state index in [-0.39, 0.29) is 12.6 Å². The summed E-state index contributed by atoms with van der Waals surface area (Å²) in [4.78, 5) is 4.80. The zero-order valence-electron chi connectivity index (χ0n) is 11.3. The quantitative estimate of drug-likeness (QED) is 0.888. The van der Waals surface area contributed by atoms with Crippen molar-refractivity contribution in [2.75, 3.05) is 6.61 Å². The van der Waals surface area contributed by atoms with Gasteiger partial charge < -0.3 is 15.4 Å². The van der Waals surface area contributed by atoms with Crippen molar-refractivity contribution in [1.82, 2.24) is 9.55 Å². The molecule has 3 rings (SSSR count). The van der Waals surface area contributed by atoms with E-state index in [0.717, 1.165) is 16.6 Å². The molecule has 102 valence electrons. The van der Waals surface area contributed by atoms with Crippen molar-refractivity contribution in [2.45, 2.75) is 37.6 Å². The summed E-state index contributed by atoms with van der Waals surface area (Å²) in [7, 11) is 2.09. The first-order valence-corrected chi connectivity index (χ1v) is 7.03. The third-order valence-corrected chi connectivity index (χ3v) is 4.28. The summed E-state index contributed by atoms with van der Waals surface area (Å²) in [6, 6.07) is 5.74. The number of rotatable bonds is 3. The summed E-state index contributed by atoms with van der Waals surface area (Å²) in [5.74, 6) is 1.80. The van der Waals surface area contributed by atoms with Gasteiger partial charge in [0.2, 0.25) is 0 Å². The maximum Gasteiger partial charge on any atom is 0.112 e. The lowest BCUT2D eigenvalue weighted by atomic mass is 10.1. The topological polar surface area (TPSA) is 64.1 Å². The molecule has 1 aliphatic rings. The van der Waals surface area contributed by atoms with Gasteiger partial charge in [0.1, 0.15) is 5.82 Å². The Kier molecular flexibility index (Phi) is 3.29. The number of nitrogens with zero attached hydrogens (tertiary/aromatic N) is 2. The van der Waals surface area contributed by atoms with Crippen LogP contribution in [0, 0.1) is 0 Å². The second kappa shape index (κ2) is 4.94. The molecule has 4 heteroatoms. The van der Waals surface area contributed by atoms with Gasteiger partial charge in [-0.05, 0) is 30.5 Å². The van der Waals surface area contributed by atoms with Crippen molar-refractivity contribution in [2.24, 2.45) is 12.8 Å². The smallest absolute Gasteiger partial charge is 0.112 e. The van der Waals surface area contributed by atoms with E-state index in [1.54, 1.807) is 0 Å². The van der Waals surface area contributed by atoms with Crippen molar-refractivity contribution in [3.05, 3.63) is 29.6 Å². The molecule has 0 bridgehead atoms. The number of fused-ring (bicyclic) bond motifs is 1. The molecular weight excluding hydrogens is 238 g/mol. The Hall–Kier alpha value is -1.39. The first-order valence-electron chi connectivity index (χ1n) is 7.03. The van der Waals surface area contributed by atoms with Crippen molar-refractivity contribution in [3.8, 4) is 0 Å². The molecule has 1 unspecified atom stereocenters. The minimum absolute atomic E-state index is 0.0339. The van der Waals surface area contributed by atoms with E-state index in [1.807, 2.05) is 12.1 Å². The predicted molar refractivity (Wildman–Crippen MR) is 75.9 cm³/mol. The molecule has 3 N–H and O–H groups in total. The molecular formula is C15H21N3O. The number of nitrogens with two attached hydrogens (primary N) is 1. The molecule has 4 nitrogen and oxygen atoms in total. The lowest BCUT2D eigenvalue weighted by Gasteiger charge is -2.09. The van der Waals surface area contributed by atoms with Crippen LogP contribution in [0.4, 0.5) is 0 Å². The van der Waals surface area contributed by atoms with Crippen LogP contribution in [0.15, 0.2) is 18.2 Å². The summed E-state index contributed by atoms with van der Waals surface area (Å²) in [5.41, 5.74) is 8.96. The van der Waals surface area contributed by atoms with Gasteiger partial charge in [-0.1, -0.05) is 18.9 Å². The molecule has 2 aromatic rings. The monoisotopic (exact) mass is 259 g/mol. The molecule has 1 saturated carbocycles. The number of hydrogen-bond acceptors (Lipinski definition) is 3. The molecule has 0 aliphatic heterocycles. The fraction of sp³-hybridized carbons (Fsp3) is 0.533. The van der Waals surface area contributed by atoms with Crippen molar-refractivity contribution in [1.29, 1.82) is 0 Å². The van der Waals surface area contributed by atoms with Gasteiger partial charge in [-0.3, -0.25) is 0 Å². The highest BCUT2D eigenvalue weighted by molar-refractivity contribution is 5.77. The lowest BCUT2D eigenvalue weighted by Crippen LogP contribution is -2.14. The molecule has 1 aliphatic carbocycles. The average molecular weight is 259 g/mol. The number of imidazole rings is 1. The summed E-state index contributed by atoms with van der Waals surface area (Å²) in [5, 5.41) is 9.14. The van der Waals surface area contributed by atoms with Crippen LogP contribution >= 0.6 is 0 Å². The number of aryl methyl sites for hydroxylation is 1. The van der Waals surface area contributed by atoms with Crippen molar-refractivity contribution < 1.29 is 5.11 Å². The number of hydrogen-bond donors (Lipinski definition) is 2. The maximum atomic E-state index is 9.14. The zero-order valence-corrected chi connectivity index (χ0v) is 11.3. The van der Waals surface area contributed by atoms with Crippen LogP contribution in [-0.4, -0.2) is 21.3 Å². The van der Waals surface area contributed by atoms with E-state index in [0.29, 0.717) is 5.92 Å². The first kappa shape index (κ1) is 12.6. The second-order valence-corrected chi connectivity index (χ2v) is 5.55. The molecule has 1 fully saturated rings. The largest absolute Gasteiger partial charge is 0.394 e. The normalized spacial score (nSPS) is 18.3. The van der Waals surface area contributed by atoms with Gasteiger partial charge in [-0.2, -0.15) is 0 Å². The molecule has 0 saturated heterocycles. The molecule has 0 amide bonds. The Labute approximate surface area is 113 Å². The summed E-state index contributed by atoms with van der Waals surface area (Å²) in [6.07, 6.45) is 5.13. The lowest BCUT2D eigenvalue weighted by molar-refractivity contribution is 0.268. The second-order valence-electron chi connectivity index (χ2n) is 5.55. The summed E-state index contributed by atoms with van der Waals surface area (Å²) >= 11 is 0. The minimum Gasteiger partial charge on any atom is -0.394 e. The molecule has 1 heterocycles. The van der Waals surface area contributed by atoms with Gasteiger partial charge in [-0.25, -0.2) is 4.98 Å². The summed E-state index contributed by atoms with van der Waals surface area (Å²) in [6.45, 7) is -0.0339. The molecule has 1 aromatic carbocycles. The summed E-state index contributed by atoms with van der Waals surface area (Å²) < 4.78 is 2.21. The Morgan fingerprint density at radius 3 is 2.84 bits per heavy atom. The molecule has 1 aromatic heterocycles. The van der Waals surface area contributed by atoms with Gasteiger partial charge in [0.15, 0.2) is 0 Å². The Morgan fingerprint density at radius 1 is 1.42 bits per heavy atom. The van der Waals surface area contributed by atoms with Gasteiger partial charge in [0.25, 0.3) is 0 Å². The molecule has 0 spiro atoms. The van der Waals surface area contributed by atoms with Crippen LogP contribution in [0.1, 0.15) is 49.0 Å². The number of aliphatic hydroxyl groups excluding tert-OH is 1. The fourth-order valence-corrected chi connectivity index (χ4v) is 3.12. The fourth-order valence-electron chi connectivity index (χ4n) is 3.12. The first-order chi connectivity index (χ1) is 9.20. The standard InChI is InChI=1S/C15H21N3O/c1-18-14-7-6-11(12(16)9-19)8-13(14)17-15(18)10-4-2-3-5-10/h6-8,10,12,19H,2-5,9,16H2,1H3. The number of aromatic nitrogens is 2. The highest BCUT2D eigenvalue weighted by atomic mass is 16.3. The number of benzene rings is 1. The van der Waals surface area contributed by atoms with Crippen LogP contribution in [0.2, 0.25) is 0 Å². The average Bonchev–Trinajstić information content (AvgIpc) is 3.05. The number of aliphatic hydroxyl groups is 1. The Bertz CT molecular complexity index is 584. The van der Waals surface area contributed by atoms with E-state index >= 15 is 0 Å². The van der Waals surface area contributed by atoms with Crippen LogP contribution in [-0.2, 0) is 7.05 Å². The van der Waals surface area contributed by atoms with Gasteiger partial charge in [0.05, 0.1) is 23.7 Å². The Morgan fingerprint density at radius 2 is 2.16 bits per heavy atom. The third kappa shape index (κ3) is 2.15. The van der Waals surface area contributed by atoms with E-state index in [1.165, 1.54) is 31.5 Å². The molecule has 0 radical (unpaired) electrons. The highest BCUT2D eigenvalue weighted by Gasteiger charge is 2.22. The van der Waals surface area contributed by atoms with Crippen LogP contribution in [0.3, 0.4) is 0 Å². The van der Waals surface area contributed by atoms with E-state index < -0.39 is 0 Å². The third-order valence-electron chi connectivity index (χ3n) is 4.28. The van der Waals surface area contributed by atoms with Crippen molar-refractivity contribution in [3.63, 3.8) is 0 Å². The van der Waals surface area contributed by atoms with E-state index in [2.05, 4.69) is 17.7 Å². The minimum atomic E-state index is -0.318. The van der Waals surface area contributed by atoms with Crippen LogP contribution < -0.4 is 5.73 Å². The zero-order chi connectivity index (χ0) is 13.4. The van der Waals surface area contributed by atoms with Crippen LogP contribution in [0.5, 0.6) is 0 Å². The maximum absolute atomic E-state index is 9.14. The van der Waals surface area contributed by atoms with E-state index in [9.17, 15) is 0 Å².